The van der Waals surface area contributed by atoms with Crippen molar-refractivity contribution < 1.29 is 4.39 Å². The van der Waals surface area contributed by atoms with E-state index in [-0.39, 0.29) is 5.82 Å². The number of rotatable bonds is 3. The highest BCUT2D eigenvalue weighted by atomic mass is 19.1. The first-order valence-corrected chi connectivity index (χ1v) is 7.01. The minimum absolute atomic E-state index is 0.112. The predicted molar refractivity (Wildman–Crippen MR) is 71.2 cm³/mol. The lowest BCUT2D eigenvalue weighted by atomic mass is 9.88. The van der Waals surface area contributed by atoms with Crippen molar-refractivity contribution >= 4 is 0 Å². The Hall–Kier alpha value is -0.930. The summed E-state index contributed by atoms with van der Waals surface area (Å²) < 4.78 is 13.3. The van der Waals surface area contributed by atoms with Gasteiger partial charge in [-0.2, -0.15) is 0 Å². The summed E-state index contributed by atoms with van der Waals surface area (Å²) in [6.07, 6.45) is 2.68. The maximum atomic E-state index is 13.3. The zero-order valence-electron chi connectivity index (χ0n) is 10.7. The number of nitrogens with one attached hydrogen (secondary N) is 1. The van der Waals surface area contributed by atoms with Crippen LogP contribution in [0.5, 0.6) is 0 Å². The molecule has 2 saturated heterocycles. The fraction of sp³-hybridized carbons (Fsp3) is 0.600. The lowest BCUT2D eigenvalue weighted by molar-refractivity contribution is 0.276. The Balaban J connectivity index is 1.70. The second-order valence-corrected chi connectivity index (χ2v) is 5.59. The molecular formula is C15H21FN2. The van der Waals surface area contributed by atoms with Crippen molar-refractivity contribution in [2.45, 2.75) is 18.8 Å². The van der Waals surface area contributed by atoms with Crippen LogP contribution in [0.25, 0.3) is 0 Å². The molecule has 2 unspecified atom stereocenters. The van der Waals surface area contributed by atoms with Crippen molar-refractivity contribution in [1.82, 2.24) is 10.2 Å². The van der Waals surface area contributed by atoms with Crippen molar-refractivity contribution in [3.8, 4) is 0 Å². The minimum atomic E-state index is -0.112. The maximum absolute atomic E-state index is 13.3. The molecule has 2 aliphatic heterocycles. The van der Waals surface area contributed by atoms with Gasteiger partial charge in [0.05, 0.1) is 0 Å². The van der Waals surface area contributed by atoms with Gasteiger partial charge in [0, 0.05) is 19.0 Å². The highest BCUT2D eigenvalue weighted by molar-refractivity contribution is 5.23. The van der Waals surface area contributed by atoms with Gasteiger partial charge in [-0.25, -0.2) is 4.39 Å². The van der Waals surface area contributed by atoms with E-state index in [4.69, 9.17) is 0 Å². The summed E-state index contributed by atoms with van der Waals surface area (Å²) in [6.45, 7) is 5.70. The van der Waals surface area contributed by atoms with E-state index < -0.39 is 0 Å². The molecule has 3 rings (SSSR count). The molecule has 1 N–H and O–H groups in total. The largest absolute Gasteiger partial charge is 0.316 e. The molecule has 0 bridgehead atoms. The molecule has 2 nitrogen and oxygen atoms in total. The summed E-state index contributed by atoms with van der Waals surface area (Å²) >= 11 is 0. The summed E-state index contributed by atoms with van der Waals surface area (Å²) in [5, 5.41) is 3.47. The summed E-state index contributed by atoms with van der Waals surface area (Å²) in [6, 6.07) is 7.13. The van der Waals surface area contributed by atoms with Gasteiger partial charge < -0.3 is 10.2 Å². The molecule has 0 radical (unpaired) electrons. The third kappa shape index (κ3) is 2.57. The zero-order valence-corrected chi connectivity index (χ0v) is 10.7. The Bertz CT molecular complexity index is 401. The zero-order chi connectivity index (χ0) is 12.4. The van der Waals surface area contributed by atoms with Crippen LogP contribution in [0.4, 0.5) is 4.39 Å². The average molecular weight is 248 g/mol. The SMILES string of the molecule is Fc1cccc(C2CNCC2CN2CCCC2)c1. The Labute approximate surface area is 108 Å². The third-order valence-corrected chi connectivity index (χ3v) is 4.31. The smallest absolute Gasteiger partial charge is 0.123 e. The van der Waals surface area contributed by atoms with Crippen molar-refractivity contribution in [2.24, 2.45) is 5.92 Å². The summed E-state index contributed by atoms with van der Waals surface area (Å²) in [5.74, 6) is 0.991. The number of hydrogen-bond donors (Lipinski definition) is 1. The van der Waals surface area contributed by atoms with Gasteiger partial charge in [0.15, 0.2) is 0 Å². The number of hydrogen-bond acceptors (Lipinski definition) is 2. The molecule has 0 aromatic heterocycles. The molecule has 0 spiro atoms. The van der Waals surface area contributed by atoms with Gasteiger partial charge in [0.2, 0.25) is 0 Å². The molecule has 1 aromatic rings. The fourth-order valence-corrected chi connectivity index (χ4v) is 3.35. The molecule has 2 fully saturated rings. The normalized spacial score (nSPS) is 28.9. The van der Waals surface area contributed by atoms with Crippen LogP contribution in [0.2, 0.25) is 0 Å². The second kappa shape index (κ2) is 5.37. The predicted octanol–water partition coefficient (Wildman–Crippen LogP) is 2.22. The minimum Gasteiger partial charge on any atom is -0.316 e. The molecule has 98 valence electrons. The van der Waals surface area contributed by atoms with Gasteiger partial charge in [-0.1, -0.05) is 12.1 Å². The van der Waals surface area contributed by atoms with E-state index in [1.807, 2.05) is 6.07 Å². The van der Waals surface area contributed by atoms with Crippen LogP contribution in [0.3, 0.4) is 0 Å². The Morgan fingerprint density at radius 1 is 1.22 bits per heavy atom. The molecule has 0 saturated carbocycles. The molecule has 3 heteroatoms. The Morgan fingerprint density at radius 2 is 2.06 bits per heavy atom. The lowest BCUT2D eigenvalue weighted by Gasteiger charge is -2.24. The van der Waals surface area contributed by atoms with Crippen LogP contribution in [-0.2, 0) is 0 Å². The average Bonchev–Trinajstić information content (AvgIpc) is 3.01. The van der Waals surface area contributed by atoms with E-state index >= 15 is 0 Å². The molecule has 18 heavy (non-hydrogen) atoms. The van der Waals surface area contributed by atoms with E-state index in [2.05, 4.69) is 16.3 Å². The number of nitrogens with zero attached hydrogens (tertiary/aromatic N) is 1. The molecule has 0 aliphatic carbocycles. The lowest BCUT2D eigenvalue weighted by Crippen LogP contribution is -2.30. The highest BCUT2D eigenvalue weighted by Gasteiger charge is 2.30. The molecule has 2 heterocycles. The maximum Gasteiger partial charge on any atom is 0.123 e. The third-order valence-electron chi connectivity index (χ3n) is 4.31. The van der Waals surface area contributed by atoms with Gasteiger partial charge >= 0.3 is 0 Å². The van der Waals surface area contributed by atoms with Crippen LogP contribution in [0, 0.1) is 11.7 Å². The number of benzene rings is 1. The first-order chi connectivity index (χ1) is 8.83. The number of halogens is 1. The molecule has 2 atom stereocenters. The van der Waals surface area contributed by atoms with E-state index in [9.17, 15) is 4.39 Å². The molecule has 0 amide bonds. The van der Waals surface area contributed by atoms with Gasteiger partial charge in [0.1, 0.15) is 5.82 Å². The van der Waals surface area contributed by atoms with E-state index in [1.54, 1.807) is 6.07 Å². The van der Waals surface area contributed by atoms with Crippen LogP contribution in [0.1, 0.15) is 24.3 Å². The van der Waals surface area contributed by atoms with Gasteiger partial charge in [-0.05, 0) is 56.1 Å². The second-order valence-electron chi connectivity index (χ2n) is 5.59. The van der Waals surface area contributed by atoms with E-state index in [1.165, 1.54) is 32.0 Å². The van der Waals surface area contributed by atoms with Crippen LogP contribution >= 0.6 is 0 Å². The topological polar surface area (TPSA) is 15.3 Å². The summed E-state index contributed by atoms with van der Waals surface area (Å²) in [7, 11) is 0. The van der Waals surface area contributed by atoms with E-state index in [0.29, 0.717) is 11.8 Å². The molecular weight excluding hydrogens is 227 g/mol. The summed E-state index contributed by atoms with van der Waals surface area (Å²) in [5.41, 5.74) is 1.16. The first-order valence-electron chi connectivity index (χ1n) is 7.01. The molecule has 1 aromatic carbocycles. The first kappa shape index (κ1) is 12.1. The van der Waals surface area contributed by atoms with Crippen LogP contribution in [0.15, 0.2) is 24.3 Å². The van der Waals surface area contributed by atoms with Crippen LogP contribution < -0.4 is 5.32 Å². The fourth-order valence-electron chi connectivity index (χ4n) is 3.35. The van der Waals surface area contributed by atoms with Crippen molar-refractivity contribution in [3.63, 3.8) is 0 Å². The van der Waals surface area contributed by atoms with Crippen LogP contribution in [-0.4, -0.2) is 37.6 Å². The number of likely N-dealkylation sites (tertiary alicyclic amines) is 1. The van der Waals surface area contributed by atoms with Crippen molar-refractivity contribution in [3.05, 3.63) is 35.6 Å². The standard InChI is InChI=1S/C15H21FN2/c16-14-5-3-4-12(8-14)15-10-17-9-13(15)11-18-6-1-2-7-18/h3-5,8,13,15,17H,1-2,6-7,9-11H2. The molecule has 2 aliphatic rings. The van der Waals surface area contributed by atoms with Gasteiger partial charge in [-0.3, -0.25) is 0 Å². The Kier molecular flexibility index (Phi) is 3.62. The monoisotopic (exact) mass is 248 g/mol. The quantitative estimate of drug-likeness (QED) is 0.882. The van der Waals surface area contributed by atoms with E-state index in [0.717, 1.165) is 25.2 Å². The Morgan fingerprint density at radius 3 is 2.83 bits per heavy atom. The van der Waals surface area contributed by atoms with Gasteiger partial charge in [-0.15, -0.1) is 0 Å². The van der Waals surface area contributed by atoms with Crippen molar-refractivity contribution in [2.75, 3.05) is 32.7 Å². The van der Waals surface area contributed by atoms with Crippen molar-refractivity contribution in [1.29, 1.82) is 0 Å². The summed E-state index contributed by atoms with van der Waals surface area (Å²) in [4.78, 5) is 2.56. The van der Waals surface area contributed by atoms with Gasteiger partial charge in [0.25, 0.3) is 0 Å². The highest BCUT2D eigenvalue weighted by Crippen LogP contribution is 2.29.